The number of ether oxygens (including phenoxy) is 1. The zero-order chi connectivity index (χ0) is 10.9. The highest BCUT2D eigenvalue weighted by atomic mass is 35.5. The van der Waals surface area contributed by atoms with Crippen LogP contribution in [0.25, 0.3) is 0 Å². The van der Waals surface area contributed by atoms with E-state index >= 15 is 0 Å². The lowest BCUT2D eigenvalue weighted by Gasteiger charge is -2.04. The third kappa shape index (κ3) is 4.33. The average Bonchev–Trinajstić information content (AvgIpc) is 2.71. The SMILES string of the molecule is CC#CC#CC#C/C=C1/C=C[C@@H](CCl)O1. The summed E-state index contributed by atoms with van der Waals surface area (Å²) in [6.07, 6.45) is 5.38. The maximum absolute atomic E-state index is 5.61. The summed E-state index contributed by atoms with van der Waals surface area (Å²) in [6, 6.07) is 0. The Bertz CT molecular complexity index is 452. The largest absolute Gasteiger partial charge is 0.484 e. The zero-order valence-electron chi connectivity index (χ0n) is 8.30. The van der Waals surface area contributed by atoms with Crippen molar-refractivity contribution in [1.29, 1.82) is 0 Å². The lowest BCUT2D eigenvalue weighted by atomic mass is 10.4. The van der Waals surface area contributed by atoms with Crippen LogP contribution in [0.3, 0.4) is 0 Å². The van der Waals surface area contributed by atoms with Crippen LogP contribution in [-0.4, -0.2) is 12.0 Å². The normalized spacial score (nSPS) is 19.1. The fraction of sp³-hybridized carbons (Fsp3) is 0.231. The second-order valence-electron chi connectivity index (χ2n) is 2.61. The number of hydrogen-bond donors (Lipinski definition) is 0. The van der Waals surface area contributed by atoms with Crippen LogP contribution in [0.5, 0.6) is 0 Å². The van der Waals surface area contributed by atoms with Crippen LogP contribution in [0, 0.1) is 35.5 Å². The molecule has 0 N–H and O–H groups in total. The second-order valence-corrected chi connectivity index (χ2v) is 2.92. The van der Waals surface area contributed by atoms with Crippen LogP contribution < -0.4 is 0 Å². The summed E-state index contributed by atoms with van der Waals surface area (Å²) < 4.78 is 5.38. The van der Waals surface area contributed by atoms with Gasteiger partial charge in [-0.1, -0.05) is 11.8 Å². The minimum absolute atomic E-state index is 0.0308. The maximum atomic E-state index is 5.61. The highest BCUT2D eigenvalue weighted by molar-refractivity contribution is 6.18. The summed E-state index contributed by atoms with van der Waals surface area (Å²) in [6.45, 7) is 1.73. The van der Waals surface area contributed by atoms with Crippen molar-refractivity contribution in [3.05, 3.63) is 24.0 Å². The summed E-state index contributed by atoms with van der Waals surface area (Å²) in [5.74, 6) is 17.0. The Morgan fingerprint density at radius 2 is 2.20 bits per heavy atom. The molecular formula is C13H9ClO. The first-order chi connectivity index (χ1) is 7.36. The summed E-state index contributed by atoms with van der Waals surface area (Å²) in [4.78, 5) is 0. The Morgan fingerprint density at radius 3 is 2.87 bits per heavy atom. The summed E-state index contributed by atoms with van der Waals surface area (Å²) in [7, 11) is 0. The average molecular weight is 217 g/mol. The van der Waals surface area contributed by atoms with Crippen LogP contribution >= 0.6 is 11.6 Å². The molecule has 1 rings (SSSR count). The fourth-order valence-electron chi connectivity index (χ4n) is 0.889. The Morgan fingerprint density at radius 1 is 1.40 bits per heavy atom. The van der Waals surface area contributed by atoms with Crippen LogP contribution in [0.2, 0.25) is 0 Å². The highest BCUT2D eigenvalue weighted by Gasteiger charge is 2.11. The molecular weight excluding hydrogens is 208 g/mol. The minimum atomic E-state index is -0.0308. The van der Waals surface area contributed by atoms with Crippen LogP contribution in [0.4, 0.5) is 0 Å². The third-order valence-electron chi connectivity index (χ3n) is 1.51. The van der Waals surface area contributed by atoms with Gasteiger partial charge in [0.1, 0.15) is 11.9 Å². The van der Waals surface area contributed by atoms with Crippen molar-refractivity contribution in [2.45, 2.75) is 13.0 Å². The number of halogens is 1. The van der Waals surface area contributed by atoms with Crippen molar-refractivity contribution in [2.24, 2.45) is 0 Å². The molecule has 74 valence electrons. The molecule has 1 nitrogen and oxygen atoms in total. The van der Waals surface area contributed by atoms with Gasteiger partial charge in [0.25, 0.3) is 0 Å². The van der Waals surface area contributed by atoms with Crippen molar-refractivity contribution in [1.82, 2.24) is 0 Å². The molecule has 0 aromatic heterocycles. The van der Waals surface area contributed by atoms with Gasteiger partial charge in [0, 0.05) is 6.08 Å². The number of allylic oxidation sites excluding steroid dienone is 2. The molecule has 1 aliphatic heterocycles. The van der Waals surface area contributed by atoms with E-state index in [0.29, 0.717) is 5.88 Å². The highest BCUT2D eigenvalue weighted by Crippen LogP contribution is 2.14. The molecule has 2 heteroatoms. The van der Waals surface area contributed by atoms with E-state index in [1.165, 1.54) is 0 Å². The molecule has 0 unspecified atom stereocenters. The van der Waals surface area contributed by atoms with Gasteiger partial charge in [0.05, 0.1) is 5.88 Å². The Balaban J connectivity index is 2.49. The van der Waals surface area contributed by atoms with Gasteiger partial charge < -0.3 is 4.74 Å². The van der Waals surface area contributed by atoms with E-state index in [1.807, 2.05) is 12.2 Å². The molecule has 0 radical (unpaired) electrons. The first-order valence-electron chi connectivity index (χ1n) is 4.40. The summed E-state index contributed by atoms with van der Waals surface area (Å²) in [5, 5.41) is 0. The molecule has 1 atom stereocenters. The van der Waals surface area contributed by atoms with Crippen molar-refractivity contribution in [3.8, 4) is 35.5 Å². The fourth-order valence-corrected chi connectivity index (χ4v) is 1.05. The standard InChI is InChI=1S/C13H9ClO/c1-2-3-4-5-6-7-8-12-9-10-13(11-14)15-12/h8-10,13H,11H2,1H3/b12-8-/t13-/m0/s1. The van der Waals surface area contributed by atoms with Crippen LogP contribution in [0.15, 0.2) is 24.0 Å². The van der Waals surface area contributed by atoms with E-state index in [1.54, 1.807) is 13.0 Å². The van der Waals surface area contributed by atoms with Gasteiger partial charge in [-0.2, -0.15) is 0 Å². The second kappa shape index (κ2) is 6.67. The Hall–Kier alpha value is -1.75. The third-order valence-corrected chi connectivity index (χ3v) is 1.82. The molecule has 0 fully saturated rings. The first-order valence-corrected chi connectivity index (χ1v) is 4.93. The van der Waals surface area contributed by atoms with E-state index in [9.17, 15) is 0 Å². The smallest absolute Gasteiger partial charge is 0.131 e. The van der Waals surface area contributed by atoms with E-state index in [2.05, 4.69) is 35.5 Å². The van der Waals surface area contributed by atoms with Crippen molar-refractivity contribution in [2.75, 3.05) is 5.88 Å². The molecule has 0 bridgehead atoms. The van der Waals surface area contributed by atoms with Gasteiger partial charge in [-0.05, 0) is 42.8 Å². The minimum Gasteiger partial charge on any atom is -0.484 e. The predicted octanol–water partition coefficient (Wildman–Crippen LogP) is 2.09. The van der Waals surface area contributed by atoms with Gasteiger partial charge in [0.15, 0.2) is 0 Å². The van der Waals surface area contributed by atoms with Gasteiger partial charge in [-0.3, -0.25) is 0 Å². The van der Waals surface area contributed by atoms with Gasteiger partial charge in [0.2, 0.25) is 0 Å². The van der Waals surface area contributed by atoms with Crippen LogP contribution in [-0.2, 0) is 4.74 Å². The predicted molar refractivity (Wildman–Crippen MR) is 61.8 cm³/mol. The monoisotopic (exact) mass is 216 g/mol. The molecule has 0 aliphatic carbocycles. The lowest BCUT2D eigenvalue weighted by Crippen LogP contribution is -2.04. The Kier molecular flexibility index (Phi) is 5.03. The van der Waals surface area contributed by atoms with Gasteiger partial charge in [-0.25, -0.2) is 0 Å². The molecule has 1 aliphatic rings. The zero-order valence-corrected chi connectivity index (χ0v) is 9.06. The van der Waals surface area contributed by atoms with E-state index in [-0.39, 0.29) is 6.10 Å². The first kappa shape index (κ1) is 11.3. The molecule has 0 amide bonds. The summed E-state index contributed by atoms with van der Waals surface area (Å²) in [5.41, 5.74) is 0. The number of hydrogen-bond acceptors (Lipinski definition) is 1. The number of rotatable bonds is 1. The van der Waals surface area contributed by atoms with Crippen molar-refractivity contribution >= 4 is 11.6 Å². The number of alkyl halides is 1. The maximum Gasteiger partial charge on any atom is 0.131 e. The Labute approximate surface area is 95.1 Å². The van der Waals surface area contributed by atoms with Crippen molar-refractivity contribution in [3.63, 3.8) is 0 Å². The molecule has 0 saturated carbocycles. The van der Waals surface area contributed by atoms with E-state index in [0.717, 1.165) is 5.76 Å². The van der Waals surface area contributed by atoms with Gasteiger partial charge in [-0.15, -0.1) is 11.6 Å². The van der Waals surface area contributed by atoms with E-state index in [4.69, 9.17) is 16.3 Å². The topological polar surface area (TPSA) is 9.23 Å². The molecule has 0 aromatic carbocycles. The van der Waals surface area contributed by atoms with E-state index < -0.39 is 0 Å². The molecule has 0 spiro atoms. The molecule has 1 heterocycles. The lowest BCUT2D eigenvalue weighted by molar-refractivity contribution is 0.201. The molecule has 0 saturated heterocycles. The molecule has 0 aromatic rings. The van der Waals surface area contributed by atoms with Gasteiger partial charge >= 0.3 is 0 Å². The summed E-state index contributed by atoms with van der Waals surface area (Å²) >= 11 is 5.61. The van der Waals surface area contributed by atoms with Crippen LogP contribution in [0.1, 0.15) is 6.92 Å². The molecule has 15 heavy (non-hydrogen) atoms. The quantitative estimate of drug-likeness (QED) is 0.482. The van der Waals surface area contributed by atoms with Crippen molar-refractivity contribution < 1.29 is 4.74 Å².